The number of aromatic nitrogens is 3. The normalized spacial score (nSPS) is 10.8. The molecule has 1 N–H and O–H groups in total. The molecule has 0 unspecified atom stereocenters. The van der Waals surface area contributed by atoms with Crippen LogP contribution in [-0.4, -0.2) is 15.0 Å². The summed E-state index contributed by atoms with van der Waals surface area (Å²) in [4.78, 5) is 11.5. The van der Waals surface area contributed by atoms with Crippen molar-refractivity contribution in [1.82, 2.24) is 15.0 Å². The number of benzene rings is 1. The van der Waals surface area contributed by atoms with Gasteiger partial charge in [-0.3, -0.25) is 0 Å². The predicted octanol–water partition coefficient (Wildman–Crippen LogP) is 2.93. The van der Waals surface area contributed by atoms with Crippen LogP contribution in [0.2, 0.25) is 0 Å². The minimum atomic E-state index is 0.762. The van der Waals surface area contributed by atoms with Gasteiger partial charge in [-0.1, -0.05) is 29.8 Å². The van der Waals surface area contributed by atoms with Gasteiger partial charge in [0.25, 0.3) is 0 Å². The maximum atomic E-state index is 4.20. The van der Waals surface area contributed by atoms with Crippen LogP contribution in [-0.2, 0) is 0 Å². The molecule has 3 heteroatoms. The standard InChI is InChI=1S/C13H11N3/c1-9-2-4-10(5-3-9)11-6-7-14-13-12(11)15-8-16-13/h2-8H,1H3,(H,14,15,16). The monoisotopic (exact) mass is 209 g/mol. The number of H-pyrrole nitrogens is 1. The molecule has 3 nitrogen and oxygen atoms in total. The molecule has 0 aliphatic carbocycles. The zero-order chi connectivity index (χ0) is 11.0. The average Bonchev–Trinajstić information content (AvgIpc) is 2.78. The second kappa shape index (κ2) is 3.45. The first kappa shape index (κ1) is 9.09. The Morgan fingerprint density at radius 2 is 1.81 bits per heavy atom. The molecule has 0 atom stereocenters. The Kier molecular flexibility index (Phi) is 1.96. The Balaban J connectivity index is 2.25. The van der Waals surface area contributed by atoms with E-state index in [1.165, 1.54) is 11.1 Å². The molecular weight excluding hydrogens is 198 g/mol. The number of fused-ring (bicyclic) bond motifs is 1. The summed E-state index contributed by atoms with van der Waals surface area (Å²) in [5.41, 5.74) is 5.34. The third-order valence-electron chi connectivity index (χ3n) is 2.69. The lowest BCUT2D eigenvalue weighted by molar-refractivity contribution is 1.30. The quantitative estimate of drug-likeness (QED) is 0.669. The van der Waals surface area contributed by atoms with Gasteiger partial charge in [0.15, 0.2) is 5.65 Å². The van der Waals surface area contributed by atoms with E-state index in [0.717, 1.165) is 16.7 Å². The van der Waals surface area contributed by atoms with Crippen molar-refractivity contribution >= 4 is 11.2 Å². The minimum Gasteiger partial charge on any atom is -0.343 e. The van der Waals surface area contributed by atoms with Gasteiger partial charge in [0.05, 0.1) is 11.8 Å². The Hall–Kier alpha value is -2.16. The number of hydrogen-bond acceptors (Lipinski definition) is 2. The molecular formula is C13H11N3. The second-order valence-corrected chi connectivity index (χ2v) is 3.83. The Morgan fingerprint density at radius 1 is 1.00 bits per heavy atom. The van der Waals surface area contributed by atoms with Crippen molar-refractivity contribution in [2.75, 3.05) is 0 Å². The van der Waals surface area contributed by atoms with Crippen LogP contribution in [0, 0.1) is 6.92 Å². The molecule has 0 amide bonds. The summed E-state index contributed by atoms with van der Waals surface area (Å²) in [7, 11) is 0. The van der Waals surface area contributed by atoms with Crippen molar-refractivity contribution < 1.29 is 0 Å². The van der Waals surface area contributed by atoms with Crippen LogP contribution in [0.15, 0.2) is 42.9 Å². The highest BCUT2D eigenvalue weighted by molar-refractivity contribution is 5.89. The van der Waals surface area contributed by atoms with Crippen molar-refractivity contribution in [3.05, 3.63) is 48.4 Å². The molecule has 2 aromatic heterocycles. The van der Waals surface area contributed by atoms with E-state index in [0.29, 0.717) is 0 Å². The summed E-state index contributed by atoms with van der Waals surface area (Å²) >= 11 is 0. The fourth-order valence-corrected chi connectivity index (χ4v) is 1.82. The highest BCUT2D eigenvalue weighted by Gasteiger charge is 2.05. The molecule has 0 saturated carbocycles. The van der Waals surface area contributed by atoms with Crippen LogP contribution >= 0.6 is 0 Å². The van der Waals surface area contributed by atoms with E-state index >= 15 is 0 Å². The molecule has 0 aliphatic rings. The van der Waals surface area contributed by atoms with Gasteiger partial charge >= 0.3 is 0 Å². The van der Waals surface area contributed by atoms with Gasteiger partial charge in [0.1, 0.15) is 0 Å². The molecule has 3 aromatic rings. The van der Waals surface area contributed by atoms with Gasteiger partial charge in [-0.2, -0.15) is 0 Å². The molecule has 1 aromatic carbocycles. The first-order valence-corrected chi connectivity index (χ1v) is 5.20. The summed E-state index contributed by atoms with van der Waals surface area (Å²) in [6, 6.07) is 10.5. The number of aryl methyl sites for hydroxylation is 1. The molecule has 0 saturated heterocycles. The van der Waals surface area contributed by atoms with Crippen LogP contribution in [0.4, 0.5) is 0 Å². The van der Waals surface area contributed by atoms with Crippen LogP contribution in [0.25, 0.3) is 22.3 Å². The fourth-order valence-electron chi connectivity index (χ4n) is 1.82. The van der Waals surface area contributed by atoms with E-state index in [1.807, 2.05) is 6.07 Å². The van der Waals surface area contributed by atoms with Crippen molar-refractivity contribution in [2.24, 2.45) is 0 Å². The van der Waals surface area contributed by atoms with Crippen LogP contribution in [0.5, 0.6) is 0 Å². The lowest BCUT2D eigenvalue weighted by atomic mass is 10.0. The number of aromatic amines is 1. The average molecular weight is 209 g/mol. The topological polar surface area (TPSA) is 41.6 Å². The highest BCUT2D eigenvalue weighted by atomic mass is 14.9. The number of pyridine rings is 1. The summed E-state index contributed by atoms with van der Waals surface area (Å²) in [5, 5.41) is 0. The third-order valence-corrected chi connectivity index (χ3v) is 2.69. The first-order chi connectivity index (χ1) is 7.84. The van der Waals surface area contributed by atoms with E-state index in [4.69, 9.17) is 0 Å². The van der Waals surface area contributed by atoms with Crippen LogP contribution in [0.3, 0.4) is 0 Å². The van der Waals surface area contributed by atoms with Crippen LogP contribution in [0.1, 0.15) is 5.56 Å². The van der Waals surface area contributed by atoms with Gasteiger partial charge in [0.2, 0.25) is 0 Å². The van der Waals surface area contributed by atoms with Crippen LogP contribution < -0.4 is 0 Å². The van der Waals surface area contributed by atoms with E-state index in [1.54, 1.807) is 12.5 Å². The molecule has 78 valence electrons. The molecule has 0 aliphatic heterocycles. The highest BCUT2D eigenvalue weighted by Crippen LogP contribution is 2.25. The smallest absolute Gasteiger partial charge is 0.178 e. The molecule has 0 bridgehead atoms. The van der Waals surface area contributed by atoms with E-state index in [-0.39, 0.29) is 0 Å². The number of nitrogens with one attached hydrogen (secondary N) is 1. The Morgan fingerprint density at radius 3 is 2.62 bits per heavy atom. The molecule has 3 rings (SSSR count). The number of hydrogen-bond donors (Lipinski definition) is 1. The Bertz CT molecular complexity index is 623. The molecule has 0 fully saturated rings. The maximum absolute atomic E-state index is 4.20. The summed E-state index contributed by atoms with van der Waals surface area (Å²) in [5.74, 6) is 0. The van der Waals surface area contributed by atoms with E-state index < -0.39 is 0 Å². The largest absolute Gasteiger partial charge is 0.343 e. The lowest BCUT2D eigenvalue weighted by Crippen LogP contribution is -1.83. The van der Waals surface area contributed by atoms with E-state index in [2.05, 4.69) is 46.1 Å². The molecule has 16 heavy (non-hydrogen) atoms. The van der Waals surface area contributed by atoms with E-state index in [9.17, 15) is 0 Å². The van der Waals surface area contributed by atoms with Gasteiger partial charge in [0, 0.05) is 11.8 Å². The molecule has 0 spiro atoms. The van der Waals surface area contributed by atoms with Crippen molar-refractivity contribution in [1.29, 1.82) is 0 Å². The minimum absolute atomic E-state index is 0.762. The zero-order valence-corrected chi connectivity index (χ0v) is 8.94. The van der Waals surface area contributed by atoms with Crippen molar-refractivity contribution in [2.45, 2.75) is 6.92 Å². The first-order valence-electron chi connectivity index (χ1n) is 5.20. The van der Waals surface area contributed by atoms with Gasteiger partial charge in [-0.25, -0.2) is 9.97 Å². The number of rotatable bonds is 1. The van der Waals surface area contributed by atoms with Gasteiger partial charge in [-0.15, -0.1) is 0 Å². The third kappa shape index (κ3) is 1.37. The number of imidazole rings is 1. The summed E-state index contributed by atoms with van der Waals surface area (Å²) < 4.78 is 0. The Labute approximate surface area is 93.2 Å². The summed E-state index contributed by atoms with van der Waals surface area (Å²) in [6.07, 6.45) is 3.47. The second-order valence-electron chi connectivity index (χ2n) is 3.83. The zero-order valence-electron chi connectivity index (χ0n) is 8.94. The van der Waals surface area contributed by atoms with Gasteiger partial charge in [-0.05, 0) is 18.6 Å². The maximum Gasteiger partial charge on any atom is 0.178 e. The lowest BCUT2D eigenvalue weighted by Gasteiger charge is -2.02. The predicted molar refractivity (Wildman–Crippen MR) is 64.1 cm³/mol. The SMILES string of the molecule is Cc1ccc(-c2ccnc3nc[nH]c23)cc1. The van der Waals surface area contributed by atoms with Crippen molar-refractivity contribution in [3.63, 3.8) is 0 Å². The van der Waals surface area contributed by atoms with Gasteiger partial charge < -0.3 is 4.98 Å². The molecule has 0 radical (unpaired) electrons. The fraction of sp³-hybridized carbons (Fsp3) is 0.0769. The molecule has 2 heterocycles. The number of nitrogens with zero attached hydrogens (tertiary/aromatic N) is 2. The summed E-state index contributed by atoms with van der Waals surface area (Å²) in [6.45, 7) is 2.09. The van der Waals surface area contributed by atoms with Crippen molar-refractivity contribution in [3.8, 4) is 11.1 Å².